The third-order valence-electron chi connectivity index (χ3n) is 2.14. The Morgan fingerprint density at radius 3 is 2.60 bits per heavy atom. The standard InChI is InChI=1S/C11H10N2O2/c1-13-11(15)7-6-9(12-13)8-4-2-3-5-10(8)14/h2-7,14H,1H3. The molecule has 2 rings (SSSR count). The highest BCUT2D eigenvalue weighted by Gasteiger charge is 2.05. The number of phenolic OH excluding ortho intramolecular Hbond substituents is 1. The highest BCUT2D eigenvalue weighted by Crippen LogP contribution is 2.25. The van der Waals surface area contributed by atoms with E-state index in [9.17, 15) is 9.90 Å². The summed E-state index contributed by atoms with van der Waals surface area (Å²) in [7, 11) is 1.58. The number of para-hydroxylation sites is 1. The lowest BCUT2D eigenvalue weighted by molar-refractivity contribution is 0.477. The number of aromatic hydroxyl groups is 1. The molecule has 0 aliphatic heterocycles. The Morgan fingerprint density at radius 1 is 1.20 bits per heavy atom. The first-order valence-electron chi connectivity index (χ1n) is 4.51. The topological polar surface area (TPSA) is 55.1 Å². The van der Waals surface area contributed by atoms with Gasteiger partial charge in [-0.25, -0.2) is 4.68 Å². The Balaban J connectivity index is 2.60. The highest BCUT2D eigenvalue weighted by atomic mass is 16.3. The number of rotatable bonds is 1. The molecule has 2 aromatic rings. The number of phenols is 1. The molecule has 1 heterocycles. The Kier molecular flexibility index (Phi) is 2.25. The fourth-order valence-corrected chi connectivity index (χ4v) is 1.34. The maximum Gasteiger partial charge on any atom is 0.266 e. The fraction of sp³-hybridized carbons (Fsp3) is 0.0909. The molecule has 0 aliphatic rings. The van der Waals surface area contributed by atoms with E-state index >= 15 is 0 Å². The van der Waals surface area contributed by atoms with Crippen LogP contribution in [0.25, 0.3) is 11.3 Å². The third kappa shape index (κ3) is 1.74. The van der Waals surface area contributed by atoms with E-state index in [0.717, 1.165) is 0 Å². The van der Waals surface area contributed by atoms with Gasteiger partial charge in [-0.2, -0.15) is 5.10 Å². The molecule has 0 saturated heterocycles. The van der Waals surface area contributed by atoms with Crippen molar-refractivity contribution in [2.75, 3.05) is 0 Å². The van der Waals surface area contributed by atoms with Crippen LogP contribution in [0.4, 0.5) is 0 Å². The smallest absolute Gasteiger partial charge is 0.266 e. The van der Waals surface area contributed by atoms with Gasteiger partial charge < -0.3 is 5.11 Å². The van der Waals surface area contributed by atoms with Gasteiger partial charge in [0.2, 0.25) is 0 Å². The summed E-state index contributed by atoms with van der Waals surface area (Å²) >= 11 is 0. The van der Waals surface area contributed by atoms with Gasteiger partial charge in [0, 0.05) is 18.7 Å². The van der Waals surface area contributed by atoms with Gasteiger partial charge in [-0.3, -0.25) is 4.79 Å². The van der Waals surface area contributed by atoms with Crippen LogP contribution in [-0.4, -0.2) is 14.9 Å². The minimum atomic E-state index is -0.172. The lowest BCUT2D eigenvalue weighted by Gasteiger charge is -2.04. The number of hydrogen-bond acceptors (Lipinski definition) is 3. The molecule has 4 nitrogen and oxygen atoms in total. The lowest BCUT2D eigenvalue weighted by Crippen LogP contribution is -2.18. The quantitative estimate of drug-likeness (QED) is 0.754. The molecule has 0 fully saturated rings. The van der Waals surface area contributed by atoms with Gasteiger partial charge in [0.1, 0.15) is 5.75 Å². The molecule has 1 aromatic heterocycles. The number of aromatic nitrogens is 2. The normalized spacial score (nSPS) is 10.2. The largest absolute Gasteiger partial charge is 0.507 e. The van der Waals surface area contributed by atoms with Crippen molar-refractivity contribution in [2.24, 2.45) is 7.05 Å². The number of benzene rings is 1. The van der Waals surface area contributed by atoms with E-state index < -0.39 is 0 Å². The zero-order valence-electron chi connectivity index (χ0n) is 8.21. The number of aryl methyl sites for hydroxylation is 1. The van der Waals surface area contributed by atoms with Crippen LogP contribution in [0.1, 0.15) is 0 Å². The van der Waals surface area contributed by atoms with Crippen molar-refractivity contribution >= 4 is 0 Å². The first kappa shape index (κ1) is 9.45. The summed E-state index contributed by atoms with van der Waals surface area (Å²) in [5.41, 5.74) is 1.03. The molecule has 0 unspecified atom stereocenters. The molecule has 0 bridgehead atoms. The molecule has 1 N–H and O–H groups in total. The third-order valence-corrected chi connectivity index (χ3v) is 2.14. The Bertz CT molecular complexity index is 546. The van der Waals surface area contributed by atoms with Gasteiger partial charge in [0.15, 0.2) is 0 Å². The predicted molar refractivity (Wildman–Crippen MR) is 56.6 cm³/mol. The monoisotopic (exact) mass is 202 g/mol. The first-order valence-corrected chi connectivity index (χ1v) is 4.51. The SMILES string of the molecule is Cn1nc(-c2ccccc2O)ccc1=O. The highest BCUT2D eigenvalue weighted by molar-refractivity contribution is 5.65. The van der Waals surface area contributed by atoms with Gasteiger partial charge in [-0.15, -0.1) is 0 Å². The van der Waals surface area contributed by atoms with E-state index in [1.165, 1.54) is 10.7 Å². The molecule has 76 valence electrons. The van der Waals surface area contributed by atoms with Crippen molar-refractivity contribution in [3.05, 3.63) is 46.8 Å². The minimum Gasteiger partial charge on any atom is -0.507 e. The molecule has 0 saturated carbocycles. The zero-order chi connectivity index (χ0) is 10.8. The molecule has 4 heteroatoms. The second-order valence-corrected chi connectivity index (χ2v) is 3.20. The summed E-state index contributed by atoms with van der Waals surface area (Å²) in [4.78, 5) is 11.1. The maximum absolute atomic E-state index is 11.1. The molecule has 15 heavy (non-hydrogen) atoms. The van der Waals surface area contributed by atoms with Crippen LogP contribution >= 0.6 is 0 Å². The molecule has 0 spiro atoms. The Hall–Kier alpha value is -2.10. The van der Waals surface area contributed by atoms with E-state index in [1.807, 2.05) is 6.07 Å². The Morgan fingerprint density at radius 2 is 1.93 bits per heavy atom. The number of hydrogen-bond donors (Lipinski definition) is 1. The maximum atomic E-state index is 11.1. The van der Waals surface area contributed by atoms with Crippen LogP contribution in [0, 0.1) is 0 Å². The minimum absolute atomic E-state index is 0.156. The first-order chi connectivity index (χ1) is 7.18. The van der Waals surface area contributed by atoms with Crippen LogP contribution in [0.5, 0.6) is 5.75 Å². The van der Waals surface area contributed by atoms with Crippen molar-refractivity contribution in [2.45, 2.75) is 0 Å². The summed E-state index contributed by atoms with van der Waals surface area (Å²) in [6, 6.07) is 9.90. The zero-order valence-corrected chi connectivity index (χ0v) is 8.21. The van der Waals surface area contributed by atoms with E-state index in [1.54, 1.807) is 31.3 Å². The van der Waals surface area contributed by atoms with Gasteiger partial charge in [-0.05, 0) is 18.2 Å². The van der Waals surface area contributed by atoms with Gasteiger partial charge in [0.25, 0.3) is 5.56 Å². The second-order valence-electron chi connectivity index (χ2n) is 3.20. The molecule has 0 amide bonds. The van der Waals surface area contributed by atoms with Gasteiger partial charge in [0.05, 0.1) is 5.69 Å². The summed E-state index contributed by atoms with van der Waals surface area (Å²) in [5.74, 6) is 0.156. The lowest BCUT2D eigenvalue weighted by atomic mass is 10.1. The van der Waals surface area contributed by atoms with Crippen molar-refractivity contribution in [1.29, 1.82) is 0 Å². The summed E-state index contributed by atoms with van der Waals surface area (Å²) in [6.07, 6.45) is 0. The van der Waals surface area contributed by atoms with Crippen LogP contribution in [0.3, 0.4) is 0 Å². The molecule has 0 aliphatic carbocycles. The summed E-state index contributed by atoms with van der Waals surface area (Å²) in [6.45, 7) is 0. The summed E-state index contributed by atoms with van der Waals surface area (Å²) < 4.78 is 1.24. The number of nitrogens with zero attached hydrogens (tertiary/aromatic N) is 2. The molecule has 0 radical (unpaired) electrons. The molecular formula is C11H10N2O2. The average Bonchev–Trinajstić information content (AvgIpc) is 2.23. The van der Waals surface area contributed by atoms with Gasteiger partial charge >= 0.3 is 0 Å². The van der Waals surface area contributed by atoms with Crippen LogP contribution in [0.15, 0.2) is 41.2 Å². The second kappa shape index (κ2) is 3.57. The van der Waals surface area contributed by atoms with Crippen LogP contribution in [0.2, 0.25) is 0 Å². The Labute approximate surface area is 86.4 Å². The van der Waals surface area contributed by atoms with Gasteiger partial charge in [-0.1, -0.05) is 12.1 Å². The fourth-order valence-electron chi connectivity index (χ4n) is 1.34. The summed E-state index contributed by atoms with van der Waals surface area (Å²) in [5, 5.41) is 13.6. The van der Waals surface area contributed by atoms with Crippen LogP contribution in [-0.2, 0) is 7.05 Å². The molecule has 1 aromatic carbocycles. The van der Waals surface area contributed by atoms with E-state index in [2.05, 4.69) is 5.10 Å². The van der Waals surface area contributed by atoms with E-state index in [4.69, 9.17) is 0 Å². The van der Waals surface area contributed by atoms with Crippen LogP contribution < -0.4 is 5.56 Å². The molecule has 0 atom stereocenters. The van der Waals surface area contributed by atoms with E-state index in [-0.39, 0.29) is 11.3 Å². The average molecular weight is 202 g/mol. The van der Waals surface area contributed by atoms with Crippen molar-refractivity contribution in [1.82, 2.24) is 9.78 Å². The van der Waals surface area contributed by atoms with Crippen molar-refractivity contribution in [3.63, 3.8) is 0 Å². The van der Waals surface area contributed by atoms with Crippen molar-refractivity contribution in [3.8, 4) is 17.0 Å². The molecular weight excluding hydrogens is 192 g/mol. The van der Waals surface area contributed by atoms with E-state index in [0.29, 0.717) is 11.3 Å². The van der Waals surface area contributed by atoms with Crippen molar-refractivity contribution < 1.29 is 5.11 Å². The predicted octanol–water partition coefficient (Wildman–Crippen LogP) is 1.15.